The number of nitrogens with one attached hydrogen (secondary N) is 2. The summed E-state index contributed by atoms with van der Waals surface area (Å²) in [5, 5.41) is 5.51. The number of pyridine rings is 2. The van der Waals surface area contributed by atoms with Crippen molar-refractivity contribution in [2.24, 2.45) is 0 Å². The van der Waals surface area contributed by atoms with Gasteiger partial charge in [0.1, 0.15) is 5.82 Å². The van der Waals surface area contributed by atoms with Gasteiger partial charge in [0, 0.05) is 24.4 Å². The first-order valence-electron chi connectivity index (χ1n) is 8.22. The van der Waals surface area contributed by atoms with Crippen LogP contribution < -0.4 is 10.6 Å². The van der Waals surface area contributed by atoms with Crippen LogP contribution in [0.3, 0.4) is 0 Å². The molecule has 2 aromatic heterocycles. The number of rotatable bonds is 6. The molecular formula is C20H18N4O2. The highest BCUT2D eigenvalue weighted by Gasteiger charge is 2.07. The molecule has 0 aliphatic carbocycles. The van der Waals surface area contributed by atoms with Gasteiger partial charge in [0.15, 0.2) is 0 Å². The van der Waals surface area contributed by atoms with Crippen LogP contribution >= 0.6 is 0 Å². The van der Waals surface area contributed by atoms with Crippen LogP contribution in [0.4, 0.5) is 11.5 Å². The van der Waals surface area contributed by atoms with E-state index in [1.54, 1.807) is 48.8 Å². The summed E-state index contributed by atoms with van der Waals surface area (Å²) in [5.74, 6) is 0.102. The number of carbonyl (C=O) groups excluding carboxylic acids is 2. The predicted octanol–water partition coefficient (Wildman–Crippen LogP) is 3.30. The van der Waals surface area contributed by atoms with E-state index in [-0.39, 0.29) is 11.8 Å². The molecule has 6 nitrogen and oxygen atoms in total. The van der Waals surface area contributed by atoms with Crippen LogP contribution in [0, 0.1) is 0 Å². The van der Waals surface area contributed by atoms with E-state index in [0.717, 1.165) is 5.56 Å². The first-order chi connectivity index (χ1) is 12.7. The molecule has 3 rings (SSSR count). The molecule has 0 aliphatic rings. The summed E-state index contributed by atoms with van der Waals surface area (Å²) in [4.78, 5) is 32.2. The van der Waals surface area contributed by atoms with Crippen molar-refractivity contribution in [1.82, 2.24) is 9.97 Å². The lowest BCUT2D eigenvalue weighted by molar-refractivity contribution is -0.116. The fourth-order valence-electron chi connectivity index (χ4n) is 2.35. The van der Waals surface area contributed by atoms with Gasteiger partial charge in [0.2, 0.25) is 5.91 Å². The largest absolute Gasteiger partial charge is 0.325 e. The van der Waals surface area contributed by atoms with Crippen LogP contribution in [0.15, 0.2) is 73.2 Å². The van der Waals surface area contributed by atoms with Crippen molar-refractivity contribution in [1.29, 1.82) is 0 Å². The molecule has 1 aromatic carbocycles. The lowest BCUT2D eigenvalue weighted by Crippen LogP contribution is -2.14. The quantitative estimate of drug-likeness (QED) is 0.717. The lowest BCUT2D eigenvalue weighted by Gasteiger charge is -2.07. The lowest BCUT2D eigenvalue weighted by atomic mass is 10.1. The Morgan fingerprint density at radius 1 is 0.885 bits per heavy atom. The summed E-state index contributed by atoms with van der Waals surface area (Å²) < 4.78 is 0. The van der Waals surface area contributed by atoms with Crippen LogP contribution in [0.25, 0.3) is 0 Å². The van der Waals surface area contributed by atoms with Crippen molar-refractivity contribution in [2.75, 3.05) is 10.6 Å². The smallest absolute Gasteiger partial charge is 0.256 e. The number of aromatic nitrogens is 2. The molecule has 0 saturated carbocycles. The SMILES string of the molecule is O=C(CCc1ccncc1)Nc1ccc(NC(=O)c2ccccc2)nc1. The Morgan fingerprint density at radius 2 is 1.65 bits per heavy atom. The number of carbonyl (C=O) groups is 2. The fourth-order valence-corrected chi connectivity index (χ4v) is 2.35. The van der Waals surface area contributed by atoms with Gasteiger partial charge in [0.25, 0.3) is 5.91 Å². The van der Waals surface area contributed by atoms with Crippen molar-refractivity contribution >= 4 is 23.3 Å². The summed E-state index contributed by atoms with van der Waals surface area (Å²) in [6, 6.07) is 16.0. The maximum atomic E-state index is 12.1. The maximum absolute atomic E-state index is 12.1. The number of amides is 2. The highest BCUT2D eigenvalue weighted by molar-refractivity contribution is 6.03. The number of nitrogens with zero attached hydrogens (tertiary/aromatic N) is 2. The Labute approximate surface area is 151 Å². The number of anilines is 2. The minimum atomic E-state index is -0.229. The zero-order valence-corrected chi connectivity index (χ0v) is 14.1. The van der Waals surface area contributed by atoms with E-state index in [0.29, 0.717) is 29.9 Å². The minimum absolute atomic E-state index is 0.0929. The van der Waals surface area contributed by atoms with Gasteiger partial charge in [-0.1, -0.05) is 18.2 Å². The van der Waals surface area contributed by atoms with Crippen LogP contribution in [-0.2, 0) is 11.2 Å². The summed E-state index contributed by atoms with van der Waals surface area (Å²) in [6.45, 7) is 0. The van der Waals surface area contributed by atoms with Gasteiger partial charge in [0.05, 0.1) is 11.9 Å². The molecule has 3 aromatic rings. The van der Waals surface area contributed by atoms with Crippen molar-refractivity contribution in [2.45, 2.75) is 12.8 Å². The van der Waals surface area contributed by atoms with Gasteiger partial charge in [-0.2, -0.15) is 0 Å². The number of aryl methyl sites for hydroxylation is 1. The Bertz CT molecular complexity index is 865. The molecule has 6 heteroatoms. The second-order valence-electron chi connectivity index (χ2n) is 5.66. The summed E-state index contributed by atoms with van der Waals surface area (Å²) >= 11 is 0. The molecule has 2 heterocycles. The Kier molecular flexibility index (Phi) is 5.67. The van der Waals surface area contributed by atoms with Crippen LogP contribution in [0.1, 0.15) is 22.3 Å². The molecule has 0 unspecified atom stereocenters. The predicted molar refractivity (Wildman–Crippen MR) is 99.8 cm³/mol. The molecule has 0 bridgehead atoms. The fraction of sp³-hybridized carbons (Fsp3) is 0.100. The molecule has 2 N–H and O–H groups in total. The molecule has 0 saturated heterocycles. The summed E-state index contributed by atoms with van der Waals surface area (Å²) in [6.07, 6.45) is 5.95. The van der Waals surface area contributed by atoms with Gasteiger partial charge in [-0.15, -0.1) is 0 Å². The summed E-state index contributed by atoms with van der Waals surface area (Å²) in [5.41, 5.74) is 2.21. The Hall–Kier alpha value is -3.54. The third-order valence-corrected chi connectivity index (χ3v) is 3.71. The minimum Gasteiger partial charge on any atom is -0.325 e. The van der Waals surface area contributed by atoms with E-state index in [1.807, 2.05) is 18.2 Å². The number of hydrogen-bond acceptors (Lipinski definition) is 4. The van der Waals surface area contributed by atoms with Crippen LogP contribution in [0.2, 0.25) is 0 Å². The molecule has 0 atom stereocenters. The third kappa shape index (κ3) is 4.98. The second-order valence-corrected chi connectivity index (χ2v) is 5.66. The van der Waals surface area contributed by atoms with Crippen molar-refractivity contribution < 1.29 is 9.59 Å². The zero-order chi connectivity index (χ0) is 18.2. The first kappa shape index (κ1) is 17.3. The van der Waals surface area contributed by atoms with Gasteiger partial charge in [-0.3, -0.25) is 14.6 Å². The van der Waals surface area contributed by atoms with Gasteiger partial charge in [-0.05, 0) is 48.4 Å². The number of hydrogen-bond donors (Lipinski definition) is 2. The van der Waals surface area contributed by atoms with Crippen LogP contribution in [-0.4, -0.2) is 21.8 Å². The van der Waals surface area contributed by atoms with E-state index < -0.39 is 0 Å². The average Bonchev–Trinajstić information content (AvgIpc) is 2.69. The van der Waals surface area contributed by atoms with Crippen molar-refractivity contribution in [3.63, 3.8) is 0 Å². The highest BCUT2D eigenvalue weighted by atomic mass is 16.2. The number of benzene rings is 1. The average molecular weight is 346 g/mol. The Balaban J connectivity index is 1.51. The molecule has 0 fully saturated rings. The normalized spacial score (nSPS) is 10.2. The standard InChI is InChI=1S/C20H18N4O2/c25-19(9-6-15-10-12-21-13-11-15)23-17-7-8-18(22-14-17)24-20(26)16-4-2-1-3-5-16/h1-5,7-8,10-14H,6,9H2,(H,23,25)(H,22,24,26). The van der Waals surface area contributed by atoms with Gasteiger partial charge in [-0.25, -0.2) is 4.98 Å². The van der Waals surface area contributed by atoms with Gasteiger partial charge < -0.3 is 10.6 Å². The van der Waals surface area contributed by atoms with Crippen molar-refractivity contribution in [3.8, 4) is 0 Å². The molecule has 0 spiro atoms. The van der Waals surface area contributed by atoms with E-state index in [4.69, 9.17) is 0 Å². The third-order valence-electron chi connectivity index (χ3n) is 3.71. The topological polar surface area (TPSA) is 84.0 Å². The molecule has 26 heavy (non-hydrogen) atoms. The van der Waals surface area contributed by atoms with E-state index in [9.17, 15) is 9.59 Å². The van der Waals surface area contributed by atoms with E-state index in [1.165, 1.54) is 6.20 Å². The monoisotopic (exact) mass is 346 g/mol. The first-order valence-corrected chi connectivity index (χ1v) is 8.22. The molecule has 2 amide bonds. The zero-order valence-electron chi connectivity index (χ0n) is 14.1. The van der Waals surface area contributed by atoms with E-state index >= 15 is 0 Å². The van der Waals surface area contributed by atoms with Crippen LogP contribution in [0.5, 0.6) is 0 Å². The Morgan fingerprint density at radius 3 is 2.35 bits per heavy atom. The van der Waals surface area contributed by atoms with Crippen molar-refractivity contribution in [3.05, 3.63) is 84.3 Å². The maximum Gasteiger partial charge on any atom is 0.256 e. The molecule has 130 valence electrons. The second kappa shape index (κ2) is 8.53. The molecular weight excluding hydrogens is 328 g/mol. The summed E-state index contributed by atoms with van der Waals surface area (Å²) in [7, 11) is 0. The van der Waals surface area contributed by atoms with Gasteiger partial charge >= 0.3 is 0 Å². The van der Waals surface area contributed by atoms with E-state index in [2.05, 4.69) is 20.6 Å². The highest BCUT2D eigenvalue weighted by Crippen LogP contribution is 2.12. The molecule has 0 aliphatic heterocycles. The molecule has 0 radical (unpaired) electrons.